The van der Waals surface area contributed by atoms with Crippen LogP contribution >= 0.6 is 0 Å². The molecule has 1 N–H and O–H groups in total. The molecule has 0 saturated carbocycles. The largest absolute Gasteiger partial charge is 0.496 e. The Kier molecular flexibility index (Phi) is 5.41. The molecule has 0 bridgehead atoms. The number of nitrogens with one attached hydrogen (secondary N) is 1. The van der Waals surface area contributed by atoms with Gasteiger partial charge in [0.25, 0.3) is 0 Å². The van der Waals surface area contributed by atoms with Crippen LogP contribution in [0.25, 0.3) is 0 Å². The van der Waals surface area contributed by atoms with Gasteiger partial charge in [-0.1, -0.05) is 19.1 Å². The second kappa shape index (κ2) is 7.29. The lowest BCUT2D eigenvalue weighted by Gasteiger charge is -2.13. The van der Waals surface area contributed by atoms with Crippen LogP contribution in [-0.4, -0.2) is 32.3 Å². The highest BCUT2D eigenvalue weighted by Gasteiger charge is 2.22. The Morgan fingerprint density at radius 3 is 3.00 bits per heavy atom. The van der Waals surface area contributed by atoms with Gasteiger partial charge in [-0.15, -0.1) is 0 Å². The zero-order valence-corrected chi connectivity index (χ0v) is 12.3. The van der Waals surface area contributed by atoms with Crippen molar-refractivity contribution in [1.82, 2.24) is 5.32 Å². The zero-order valence-electron chi connectivity index (χ0n) is 12.3. The van der Waals surface area contributed by atoms with Gasteiger partial charge in [0.05, 0.1) is 7.11 Å². The number of carbonyl (C=O) groups is 1. The predicted octanol–water partition coefficient (Wildman–Crippen LogP) is 2.10. The molecule has 1 unspecified atom stereocenters. The molecular formula is C16H23NO3. The Labute approximate surface area is 120 Å². The van der Waals surface area contributed by atoms with Crippen molar-refractivity contribution in [2.75, 3.05) is 20.3 Å². The van der Waals surface area contributed by atoms with Gasteiger partial charge in [0, 0.05) is 13.2 Å². The smallest absolute Gasteiger partial charge is 0.249 e. The van der Waals surface area contributed by atoms with Gasteiger partial charge in [-0.3, -0.25) is 4.79 Å². The monoisotopic (exact) mass is 277 g/mol. The molecule has 1 aromatic carbocycles. The first kappa shape index (κ1) is 14.9. The van der Waals surface area contributed by atoms with Crippen LogP contribution in [-0.2, 0) is 22.4 Å². The van der Waals surface area contributed by atoms with Gasteiger partial charge in [0.2, 0.25) is 5.91 Å². The minimum atomic E-state index is -0.251. The molecule has 1 aromatic rings. The fourth-order valence-corrected chi connectivity index (χ4v) is 2.47. The molecule has 0 spiro atoms. The van der Waals surface area contributed by atoms with E-state index in [4.69, 9.17) is 9.47 Å². The number of carbonyl (C=O) groups excluding carboxylic acids is 1. The average Bonchev–Trinajstić information content (AvgIpc) is 3.01. The fourth-order valence-electron chi connectivity index (χ4n) is 2.47. The third kappa shape index (κ3) is 3.73. The van der Waals surface area contributed by atoms with Crippen molar-refractivity contribution in [1.29, 1.82) is 0 Å². The molecule has 4 nitrogen and oxygen atoms in total. The van der Waals surface area contributed by atoms with Gasteiger partial charge in [0.1, 0.15) is 11.9 Å². The molecule has 1 amide bonds. The number of hydrogen-bond donors (Lipinski definition) is 1. The highest BCUT2D eigenvalue weighted by Crippen LogP contribution is 2.20. The van der Waals surface area contributed by atoms with Crippen LogP contribution in [0.1, 0.15) is 30.9 Å². The number of aryl methyl sites for hydroxylation is 1. The van der Waals surface area contributed by atoms with E-state index in [0.29, 0.717) is 13.2 Å². The van der Waals surface area contributed by atoms with E-state index in [-0.39, 0.29) is 12.0 Å². The van der Waals surface area contributed by atoms with E-state index in [1.165, 1.54) is 5.56 Å². The number of rotatable bonds is 6. The summed E-state index contributed by atoms with van der Waals surface area (Å²) in [5.74, 6) is 0.890. The maximum absolute atomic E-state index is 11.8. The Balaban J connectivity index is 1.87. The predicted molar refractivity (Wildman–Crippen MR) is 78.1 cm³/mol. The third-order valence-corrected chi connectivity index (χ3v) is 3.67. The molecule has 0 radical (unpaired) electrons. The van der Waals surface area contributed by atoms with Crippen LogP contribution in [0.15, 0.2) is 18.2 Å². The minimum Gasteiger partial charge on any atom is -0.496 e. The average molecular weight is 277 g/mol. The standard InChI is InChI=1S/C16H23NO3/c1-3-12-6-7-14(19-2)13(11-12)8-9-17-16(18)15-5-4-10-20-15/h6-7,11,15H,3-5,8-10H2,1-2H3,(H,17,18). The topological polar surface area (TPSA) is 47.6 Å². The van der Waals surface area contributed by atoms with E-state index in [1.807, 2.05) is 6.07 Å². The van der Waals surface area contributed by atoms with Crippen molar-refractivity contribution in [3.05, 3.63) is 29.3 Å². The normalized spacial score (nSPS) is 18.0. The first-order chi connectivity index (χ1) is 9.74. The highest BCUT2D eigenvalue weighted by molar-refractivity contribution is 5.80. The Morgan fingerprint density at radius 2 is 2.35 bits per heavy atom. The molecule has 1 aliphatic rings. The first-order valence-electron chi connectivity index (χ1n) is 7.29. The molecule has 1 atom stereocenters. The summed E-state index contributed by atoms with van der Waals surface area (Å²) in [5.41, 5.74) is 2.42. The number of amides is 1. The molecule has 20 heavy (non-hydrogen) atoms. The van der Waals surface area contributed by atoms with Gasteiger partial charge >= 0.3 is 0 Å². The van der Waals surface area contributed by atoms with Gasteiger partial charge in [0.15, 0.2) is 0 Å². The van der Waals surface area contributed by atoms with Crippen LogP contribution < -0.4 is 10.1 Å². The maximum atomic E-state index is 11.8. The molecule has 1 fully saturated rings. The molecule has 0 aliphatic carbocycles. The van der Waals surface area contributed by atoms with Crippen molar-refractivity contribution < 1.29 is 14.3 Å². The van der Waals surface area contributed by atoms with Crippen LogP contribution in [0.5, 0.6) is 5.75 Å². The molecule has 4 heteroatoms. The summed E-state index contributed by atoms with van der Waals surface area (Å²) in [4.78, 5) is 11.8. The Bertz CT molecular complexity index is 453. The number of hydrogen-bond acceptors (Lipinski definition) is 3. The molecule has 1 aliphatic heterocycles. The minimum absolute atomic E-state index is 0.00751. The first-order valence-corrected chi connectivity index (χ1v) is 7.29. The van der Waals surface area contributed by atoms with Crippen molar-refractivity contribution in [2.24, 2.45) is 0 Å². The summed E-state index contributed by atoms with van der Waals surface area (Å²) >= 11 is 0. The van der Waals surface area contributed by atoms with Gasteiger partial charge in [-0.2, -0.15) is 0 Å². The van der Waals surface area contributed by atoms with Gasteiger partial charge < -0.3 is 14.8 Å². The van der Waals surface area contributed by atoms with Gasteiger partial charge in [-0.05, 0) is 42.9 Å². The Morgan fingerprint density at radius 1 is 1.50 bits per heavy atom. The lowest BCUT2D eigenvalue weighted by atomic mass is 10.1. The summed E-state index contributed by atoms with van der Waals surface area (Å²) in [6, 6.07) is 6.22. The van der Waals surface area contributed by atoms with E-state index < -0.39 is 0 Å². The number of methoxy groups -OCH3 is 1. The van der Waals surface area contributed by atoms with E-state index in [9.17, 15) is 4.79 Å². The van der Waals surface area contributed by atoms with Crippen LogP contribution in [0.3, 0.4) is 0 Å². The van der Waals surface area contributed by atoms with Crippen molar-refractivity contribution in [3.8, 4) is 5.75 Å². The van der Waals surface area contributed by atoms with E-state index >= 15 is 0 Å². The van der Waals surface area contributed by atoms with E-state index in [1.54, 1.807) is 7.11 Å². The number of benzene rings is 1. The molecule has 110 valence electrons. The zero-order chi connectivity index (χ0) is 14.4. The summed E-state index contributed by atoms with van der Waals surface area (Å²) in [7, 11) is 1.68. The van der Waals surface area contributed by atoms with E-state index in [2.05, 4.69) is 24.4 Å². The quantitative estimate of drug-likeness (QED) is 0.866. The maximum Gasteiger partial charge on any atom is 0.249 e. The summed E-state index contributed by atoms with van der Waals surface area (Å²) in [5, 5.41) is 2.94. The van der Waals surface area contributed by atoms with E-state index in [0.717, 1.165) is 37.0 Å². The lowest BCUT2D eigenvalue weighted by Crippen LogP contribution is -2.35. The molecular weight excluding hydrogens is 254 g/mol. The van der Waals surface area contributed by atoms with Crippen molar-refractivity contribution in [2.45, 2.75) is 38.7 Å². The second-order valence-electron chi connectivity index (χ2n) is 5.04. The van der Waals surface area contributed by atoms with Crippen LogP contribution in [0.4, 0.5) is 0 Å². The molecule has 0 aromatic heterocycles. The SMILES string of the molecule is CCc1ccc(OC)c(CCNC(=O)C2CCCO2)c1. The van der Waals surface area contributed by atoms with Crippen molar-refractivity contribution >= 4 is 5.91 Å². The second-order valence-corrected chi connectivity index (χ2v) is 5.04. The molecule has 2 rings (SSSR count). The summed E-state index contributed by atoms with van der Waals surface area (Å²) in [6.07, 6.45) is 3.33. The van der Waals surface area contributed by atoms with Gasteiger partial charge in [-0.25, -0.2) is 0 Å². The lowest BCUT2D eigenvalue weighted by molar-refractivity contribution is -0.129. The fraction of sp³-hybridized carbons (Fsp3) is 0.562. The van der Waals surface area contributed by atoms with Crippen LogP contribution in [0.2, 0.25) is 0 Å². The van der Waals surface area contributed by atoms with Crippen LogP contribution in [0, 0.1) is 0 Å². The highest BCUT2D eigenvalue weighted by atomic mass is 16.5. The summed E-state index contributed by atoms with van der Waals surface area (Å²) in [6.45, 7) is 3.44. The third-order valence-electron chi connectivity index (χ3n) is 3.67. The number of ether oxygens (including phenoxy) is 2. The molecule has 1 heterocycles. The Hall–Kier alpha value is -1.55. The summed E-state index contributed by atoms with van der Waals surface area (Å²) < 4.78 is 10.7. The molecule has 1 saturated heterocycles. The van der Waals surface area contributed by atoms with Crippen molar-refractivity contribution in [3.63, 3.8) is 0 Å².